The Labute approximate surface area is 116 Å². The zero-order valence-electron chi connectivity index (χ0n) is 12.3. The highest BCUT2D eigenvalue weighted by atomic mass is 32.2. The molecule has 1 aliphatic rings. The summed E-state index contributed by atoms with van der Waals surface area (Å²) in [5.41, 5.74) is -0.230. The van der Waals surface area contributed by atoms with Gasteiger partial charge in [0.2, 0.25) is 5.91 Å². The van der Waals surface area contributed by atoms with E-state index in [9.17, 15) is 13.2 Å². The van der Waals surface area contributed by atoms with Gasteiger partial charge < -0.3 is 10.6 Å². The zero-order chi connectivity index (χ0) is 14.7. The second-order valence-corrected chi connectivity index (χ2v) is 8.30. The van der Waals surface area contributed by atoms with Crippen molar-refractivity contribution in [1.82, 2.24) is 10.6 Å². The monoisotopic (exact) mass is 290 g/mol. The first-order valence-corrected chi connectivity index (χ1v) is 8.76. The molecule has 6 heteroatoms. The van der Waals surface area contributed by atoms with Crippen LogP contribution in [0.3, 0.4) is 0 Å². The first kappa shape index (κ1) is 16.4. The van der Waals surface area contributed by atoms with Crippen LogP contribution in [0.1, 0.15) is 47.0 Å². The van der Waals surface area contributed by atoms with Crippen molar-refractivity contribution in [2.75, 3.05) is 11.5 Å². The Morgan fingerprint density at radius 3 is 2.58 bits per heavy atom. The first-order chi connectivity index (χ1) is 8.65. The first-order valence-electron chi connectivity index (χ1n) is 6.94. The summed E-state index contributed by atoms with van der Waals surface area (Å²) in [4.78, 5) is 12.0. The van der Waals surface area contributed by atoms with Crippen LogP contribution >= 0.6 is 0 Å². The van der Waals surface area contributed by atoms with E-state index in [0.29, 0.717) is 6.42 Å². The van der Waals surface area contributed by atoms with Crippen molar-refractivity contribution in [3.8, 4) is 0 Å². The van der Waals surface area contributed by atoms with Crippen molar-refractivity contribution in [1.29, 1.82) is 0 Å². The van der Waals surface area contributed by atoms with Crippen molar-refractivity contribution < 1.29 is 13.2 Å². The summed E-state index contributed by atoms with van der Waals surface area (Å²) in [6, 6.07) is -0.478. The number of sulfone groups is 1. The molecule has 1 fully saturated rings. The largest absolute Gasteiger partial charge is 0.350 e. The molecular formula is C13H26N2O3S. The Bertz CT molecular complexity index is 418. The van der Waals surface area contributed by atoms with E-state index < -0.39 is 9.84 Å². The van der Waals surface area contributed by atoms with Gasteiger partial charge >= 0.3 is 0 Å². The maximum absolute atomic E-state index is 12.0. The Hall–Kier alpha value is -0.620. The Kier molecular flexibility index (Phi) is 5.38. The summed E-state index contributed by atoms with van der Waals surface area (Å²) in [6.45, 7) is 7.75. The molecular weight excluding hydrogens is 264 g/mol. The molecule has 19 heavy (non-hydrogen) atoms. The number of carbonyl (C=O) groups is 1. The van der Waals surface area contributed by atoms with E-state index in [-0.39, 0.29) is 35.0 Å². The minimum Gasteiger partial charge on any atom is -0.350 e. The molecule has 2 atom stereocenters. The number of hydrogen-bond donors (Lipinski definition) is 2. The lowest BCUT2D eigenvalue weighted by atomic mass is 10.0. The highest BCUT2D eigenvalue weighted by molar-refractivity contribution is 7.91. The molecule has 0 aromatic rings. The van der Waals surface area contributed by atoms with Gasteiger partial charge in [0.25, 0.3) is 0 Å². The fourth-order valence-corrected chi connectivity index (χ4v) is 3.76. The minimum atomic E-state index is -2.94. The predicted octanol–water partition coefficient (Wildman–Crippen LogP) is 0.847. The average molecular weight is 290 g/mol. The third-order valence-corrected chi connectivity index (χ3v) is 5.51. The van der Waals surface area contributed by atoms with E-state index in [2.05, 4.69) is 10.6 Å². The van der Waals surface area contributed by atoms with Crippen LogP contribution < -0.4 is 10.6 Å². The third kappa shape index (κ3) is 5.48. The maximum Gasteiger partial charge on any atom is 0.237 e. The van der Waals surface area contributed by atoms with E-state index >= 15 is 0 Å². The van der Waals surface area contributed by atoms with Crippen molar-refractivity contribution in [2.24, 2.45) is 0 Å². The van der Waals surface area contributed by atoms with Crippen LogP contribution in [-0.4, -0.2) is 43.5 Å². The number of amides is 1. The van der Waals surface area contributed by atoms with E-state index in [1.807, 2.05) is 20.8 Å². The van der Waals surface area contributed by atoms with Crippen LogP contribution in [0, 0.1) is 0 Å². The van der Waals surface area contributed by atoms with Crippen molar-refractivity contribution >= 4 is 15.7 Å². The molecule has 1 rings (SSSR count). The summed E-state index contributed by atoms with van der Waals surface area (Å²) < 4.78 is 23.1. The van der Waals surface area contributed by atoms with Crippen LogP contribution in [0.25, 0.3) is 0 Å². The molecule has 1 amide bonds. The van der Waals surface area contributed by atoms with Gasteiger partial charge in [0.05, 0.1) is 17.5 Å². The second-order valence-electron chi connectivity index (χ2n) is 6.07. The van der Waals surface area contributed by atoms with Crippen LogP contribution in [-0.2, 0) is 14.6 Å². The number of nitrogens with one attached hydrogen (secondary N) is 2. The van der Waals surface area contributed by atoms with Gasteiger partial charge in [-0.05, 0) is 40.0 Å². The summed E-state index contributed by atoms with van der Waals surface area (Å²) in [5.74, 6) is 0.339. The Morgan fingerprint density at radius 1 is 1.42 bits per heavy atom. The molecule has 0 bridgehead atoms. The lowest BCUT2D eigenvalue weighted by Crippen LogP contribution is -2.54. The van der Waals surface area contributed by atoms with Gasteiger partial charge in [0, 0.05) is 11.6 Å². The Balaban J connectivity index is 2.50. The van der Waals surface area contributed by atoms with Crippen molar-refractivity contribution in [3.05, 3.63) is 0 Å². The molecule has 0 aromatic carbocycles. The smallest absolute Gasteiger partial charge is 0.237 e. The number of hydrogen-bond acceptors (Lipinski definition) is 4. The minimum absolute atomic E-state index is 0.0742. The third-order valence-electron chi connectivity index (χ3n) is 3.69. The lowest BCUT2D eigenvalue weighted by Gasteiger charge is -2.30. The van der Waals surface area contributed by atoms with Gasteiger partial charge in [-0.15, -0.1) is 0 Å². The normalized spacial score (nSPS) is 24.7. The molecule has 112 valence electrons. The molecule has 0 aromatic heterocycles. The summed E-state index contributed by atoms with van der Waals surface area (Å²) in [6.07, 6.45) is 2.34. The quantitative estimate of drug-likeness (QED) is 0.787. The van der Waals surface area contributed by atoms with E-state index in [1.54, 1.807) is 6.92 Å². The van der Waals surface area contributed by atoms with Crippen LogP contribution in [0.15, 0.2) is 0 Å². The van der Waals surface area contributed by atoms with E-state index in [4.69, 9.17) is 0 Å². The van der Waals surface area contributed by atoms with Crippen molar-refractivity contribution in [3.63, 3.8) is 0 Å². The SMILES string of the molecule is CCC(C)(C)NC(=O)C(C)NC1CCCS(=O)(=O)C1. The number of carbonyl (C=O) groups excluding carboxylic acids is 1. The molecule has 0 spiro atoms. The molecule has 1 aliphatic heterocycles. The van der Waals surface area contributed by atoms with Gasteiger partial charge in [0.1, 0.15) is 0 Å². The summed E-state index contributed by atoms with van der Waals surface area (Å²) >= 11 is 0. The fourth-order valence-electron chi connectivity index (χ4n) is 2.11. The topological polar surface area (TPSA) is 75.3 Å². The summed E-state index contributed by atoms with van der Waals surface area (Å²) in [5, 5.41) is 6.09. The van der Waals surface area contributed by atoms with Crippen LogP contribution in [0.2, 0.25) is 0 Å². The van der Waals surface area contributed by atoms with E-state index in [1.165, 1.54) is 0 Å². The Morgan fingerprint density at radius 2 is 2.05 bits per heavy atom. The fraction of sp³-hybridized carbons (Fsp3) is 0.923. The molecule has 0 radical (unpaired) electrons. The predicted molar refractivity (Wildman–Crippen MR) is 76.8 cm³/mol. The highest BCUT2D eigenvalue weighted by Gasteiger charge is 2.28. The molecule has 1 saturated heterocycles. The molecule has 0 saturated carbocycles. The van der Waals surface area contributed by atoms with Gasteiger partial charge in [-0.1, -0.05) is 6.92 Å². The zero-order valence-corrected chi connectivity index (χ0v) is 13.1. The highest BCUT2D eigenvalue weighted by Crippen LogP contribution is 2.13. The standard InChI is InChI=1S/C13H26N2O3S/c1-5-13(3,4)15-12(16)10(2)14-11-7-6-8-19(17,18)9-11/h10-11,14H,5-9H2,1-4H3,(H,15,16). The molecule has 5 nitrogen and oxygen atoms in total. The van der Waals surface area contributed by atoms with Crippen LogP contribution in [0.4, 0.5) is 0 Å². The van der Waals surface area contributed by atoms with Gasteiger partial charge in [-0.25, -0.2) is 8.42 Å². The second kappa shape index (κ2) is 6.22. The molecule has 2 unspecified atom stereocenters. The van der Waals surface area contributed by atoms with Gasteiger partial charge in [-0.3, -0.25) is 4.79 Å². The lowest BCUT2D eigenvalue weighted by molar-refractivity contribution is -0.124. The maximum atomic E-state index is 12.0. The van der Waals surface area contributed by atoms with Gasteiger partial charge in [-0.2, -0.15) is 0 Å². The molecule has 1 heterocycles. The average Bonchev–Trinajstić information content (AvgIpc) is 2.27. The van der Waals surface area contributed by atoms with Crippen LogP contribution in [0.5, 0.6) is 0 Å². The number of rotatable bonds is 5. The molecule has 0 aliphatic carbocycles. The summed E-state index contributed by atoms with van der Waals surface area (Å²) in [7, 11) is -2.94. The van der Waals surface area contributed by atoms with Crippen molar-refractivity contribution in [2.45, 2.75) is 64.6 Å². The molecule has 2 N–H and O–H groups in total. The van der Waals surface area contributed by atoms with E-state index in [0.717, 1.165) is 12.8 Å². The van der Waals surface area contributed by atoms with Gasteiger partial charge in [0.15, 0.2) is 9.84 Å².